The van der Waals surface area contributed by atoms with Crippen LogP contribution in [-0.2, 0) is 15.9 Å². The molecule has 0 aromatic heterocycles. The average Bonchev–Trinajstić information content (AvgIpc) is 3.01. The zero-order chi connectivity index (χ0) is 18.7. The molecule has 1 aromatic rings. The van der Waals surface area contributed by atoms with Gasteiger partial charge in [0.05, 0.1) is 19.3 Å². The van der Waals surface area contributed by atoms with Crippen molar-refractivity contribution in [2.24, 2.45) is 0 Å². The molecule has 1 unspecified atom stereocenters. The van der Waals surface area contributed by atoms with Gasteiger partial charge in [-0.25, -0.2) is 0 Å². The summed E-state index contributed by atoms with van der Waals surface area (Å²) in [4.78, 5) is 15.2. The molecule has 2 aliphatic rings. The number of hydrogen-bond donors (Lipinski definition) is 1. The van der Waals surface area contributed by atoms with Crippen molar-refractivity contribution in [3.8, 4) is 0 Å². The molecule has 5 heteroatoms. The molecule has 2 aliphatic heterocycles. The number of carbonyl (C=O) groups excluding carboxylic acids is 1. The van der Waals surface area contributed by atoms with Gasteiger partial charge in [-0.15, -0.1) is 0 Å². The Morgan fingerprint density at radius 2 is 2.15 bits per heavy atom. The van der Waals surface area contributed by atoms with E-state index in [9.17, 15) is 9.90 Å². The third-order valence-corrected chi connectivity index (χ3v) is 5.34. The number of aliphatic hydroxyl groups excluding tert-OH is 1. The molecular formula is C21H31NO4. The Hall–Kier alpha value is -1.43. The van der Waals surface area contributed by atoms with E-state index in [1.165, 1.54) is 0 Å². The van der Waals surface area contributed by atoms with Crippen LogP contribution < -0.4 is 0 Å². The molecule has 0 bridgehead atoms. The van der Waals surface area contributed by atoms with E-state index in [4.69, 9.17) is 9.47 Å². The summed E-state index contributed by atoms with van der Waals surface area (Å²) in [5, 5.41) is 9.71. The highest BCUT2D eigenvalue weighted by molar-refractivity contribution is 5.96. The van der Waals surface area contributed by atoms with Crippen molar-refractivity contribution in [3.05, 3.63) is 34.9 Å². The van der Waals surface area contributed by atoms with E-state index in [0.29, 0.717) is 18.7 Å². The second-order valence-electron chi connectivity index (χ2n) is 7.82. The van der Waals surface area contributed by atoms with E-state index in [1.54, 1.807) is 0 Å². The Morgan fingerprint density at radius 3 is 2.81 bits per heavy atom. The van der Waals surface area contributed by atoms with Crippen LogP contribution in [0.3, 0.4) is 0 Å². The molecule has 2 fully saturated rings. The van der Waals surface area contributed by atoms with Gasteiger partial charge in [0.1, 0.15) is 6.10 Å². The van der Waals surface area contributed by atoms with E-state index >= 15 is 0 Å². The van der Waals surface area contributed by atoms with Crippen molar-refractivity contribution in [3.63, 3.8) is 0 Å². The van der Waals surface area contributed by atoms with E-state index < -0.39 is 5.79 Å². The van der Waals surface area contributed by atoms with E-state index in [-0.39, 0.29) is 24.7 Å². The minimum absolute atomic E-state index is 0.00464. The summed E-state index contributed by atoms with van der Waals surface area (Å²) < 4.78 is 11.7. The van der Waals surface area contributed by atoms with Crippen LogP contribution in [0.5, 0.6) is 0 Å². The van der Waals surface area contributed by atoms with Gasteiger partial charge in [0.2, 0.25) is 0 Å². The number of hydrogen-bond acceptors (Lipinski definition) is 4. The van der Waals surface area contributed by atoms with Crippen LogP contribution in [0.15, 0.2) is 18.2 Å². The van der Waals surface area contributed by atoms with Crippen molar-refractivity contribution < 1.29 is 19.4 Å². The second kappa shape index (κ2) is 8.07. The molecule has 1 aromatic carbocycles. The topological polar surface area (TPSA) is 59.0 Å². The number of amides is 1. The third-order valence-electron chi connectivity index (χ3n) is 5.34. The number of carbonyl (C=O) groups is 1. The number of benzene rings is 1. The summed E-state index contributed by atoms with van der Waals surface area (Å²) in [6.45, 7) is 7.10. The quantitative estimate of drug-likeness (QED) is 0.873. The van der Waals surface area contributed by atoms with Crippen molar-refractivity contribution in [2.45, 2.75) is 70.8 Å². The van der Waals surface area contributed by atoms with E-state index in [1.807, 2.05) is 30.9 Å². The molecule has 1 amide bonds. The molecule has 144 valence electrons. The molecule has 26 heavy (non-hydrogen) atoms. The fraction of sp³-hybridized carbons (Fsp3) is 0.667. The van der Waals surface area contributed by atoms with E-state index in [2.05, 4.69) is 13.0 Å². The minimum atomic E-state index is -0.633. The fourth-order valence-electron chi connectivity index (χ4n) is 3.97. The first-order chi connectivity index (χ1) is 12.4. The van der Waals surface area contributed by atoms with Crippen molar-refractivity contribution in [1.29, 1.82) is 0 Å². The number of nitrogens with zero attached hydrogens (tertiary/aromatic N) is 1. The third kappa shape index (κ3) is 4.11. The molecule has 0 radical (unpaired) electrons. The van der Waals surface area contributed by atoms with Crippen LogP contribution in [0.25, 0.3) is 0 Å². The van der Waals surface area contributed by atoms with Crippen LogP contribution in [0.1, 0.15) is 74.0 Å². The zero-order valence-corrected chi connectivity index (χ0v) is 16.2. The number of aliphatic hydroxyl groups is 1. The summed E-state index contributed by atoms with van der Waals surface area (Å²) in [5.41, 5.74) is 2.75. The summed E-state index contributed by atoms with van der Waals surface area (Å²) in [7, 11) is 0. The fourth-order valence-corrected chi connectivity index (χ4v) is 3.97. The van der Waals surface area contributed by atoms with Crippen LogP contribution >= 0.6 is 0 Å². The van der Waals surface area contributed by atoms with Crippen molar-refractivity contribution >= 4 is 5.91 Å². The molecule has 5 nitrogen and oxygen atoms in total. The van der Waals surface area contributed by atoms with Gasteiger partial charge in [0, 0.05) is 12.1 Å². The SMILES string of the molecule is CCCc1ccc(C2COC(C)(C)O2)c(C(=O)N2CCCC[C@H]2CO)c1. The molecule has 0 saturated carbocycles. The summed E-state index contributed by atoms with van der Waals surface area (Å²) in [5.74, 6) is -0.628. The van der Waals surface area contributed by atoms with Crippen molar-refractivity contribution in [2.75, 3.05) is 19.8 Å². The number of rotatable bonds is 5. The van der Waals surface area contributed by atoms with Gasteiger partial charge in [0.25, 0.3) is 5.91 Å². The lowest BCUT2D eigenvalue weighted by atomic mass is 9.95. The number of ether oxygens (including phenoxy) is 2. The number of piperidine rings is 1. The molecule has 1 N–H and O–H groups in total. The lowest BCUT2D eigenvalue weighted by Crippen LogP contribution is -2.46. The number of likely N-dealkylation sites (tertiary alicyclic amines) is 1. The Bertz CT molecular complexity index is 643. The lowest BCUT2D eigenvalue weighted by Gasteiger charge is -2.35. The van der Waals surface area contributed by atoms with Crippen LogP contribution in [0.4, 0.5) is 0 Å². The molecule has 2 heterocycles. The van der Waals surface area contributed by atoms with Gasteiger partial charge in [-0.1, -0.05) is 25.5 Å². The highest BCUT2D eigenvalue weighted by atomic mass is 16.7. The highest BCUT2D eigenvalue weighted by Gasteiger charge is 2.37. The second-order valence-corrected chi connectivity index (χ2v) is 7.82. The molecule has 0 spiro atoms. The first kappa shape index (κ1) is 19.3. The Labute approximate surface area is 156 Å². The maximum absolute atomic E-state index is 13.4. The Balaban J connectivity index is 1.94. The maximum Gasteiger partial charge on any atom is 0.254 e. The minimum Gasteiger partial charge on any atom is -0.394 e. The van der Waals surface area contributed by atoms with Gasteiger partial charge in [-0.3, -0.25) is 4.79 Å². The highest BCUT2D eigenvalue weighted by Crippen LogP contribution is 2.35. The maximum atomic E-state index is 13.4. The van der Waals surface area contributed by atoms with Gasteiger partial charge in [-0.05, 0) is 56.7 Å². The predicted molar refractivity (Wildman–Crippen MR) is 100 cm³/mol. The average molecular weight is 361 g/mol. The summed E-state index contributed by atoms with van der Waals surface area (Å²) in [6.07, 6.45) is 4.65. The van der Waals surface area contributed by atoms with Crippen LogP contribution in [0, 0.1) is 0 Å². The van der Waals surface area contributed by atoms with E-state index in [0.717, 1.165) is 43.2 Å². The molecule has 2 atom stereocenters. The number of aryl methyl sites for hydroxylation is 1. The van der Waals surface area contributed by atoms with Crippen LogP contribution in [-0.4, -0.2) is 47.5 Å². The van der Waals surface area contributed by atoms with Crippen LogP contribution in [0.2, 0.25) is 0 Å². The van der Waals surface area contributed by atoms with Crippen molar-refractivity contribution in [1.82, 2.24) is 4.90 Å². The smallest absolute Gasteiger partial charge is 0.254 e. The molecule has 2 saturated heterocycles. The first-order valence-corrected chi connectivity index (χ1v) is 9.81. The Morgan fingerprint density at radius 1 is 1.35 bits per heavy atom. The molecule has 0 aliphatic carbocycles. The predicted octanol–water partition coefficient (Wildman–Crippen LogP) is 3.45. The van der Waals surface area contributed by atoms with Gasteiger partial charge < -0.3 is 19.5 Å². The normalized spacial score (nSPS) is 25.5. The Kier molecular flexibility index (Phi) is 6.00. The van der Waals surface area contributed by atoms with Gasteiger partial charge >= 0.3 is 0 Å². The standard InChI is InChI=1S/C21H31NO4/c1-4-7-15-9-10-17(19-14-25-21(2,3)26-19)18(12-15)20(24)22-11-6-5-8-16(22)13-23/h9-10,12,16,19,23H,4-8,11,13-14H2,1-3H3/t16-,19?/m0/s1. The summed E-state index contributed by atoms with van der Waals surface area (Å²) in [6, 6.07) is 6.03. The zero-order valence-electron chi connectivity index (χ0n) is 16.2. The van der Waals surface area contributed by atoms with Gasteiger partial charge in [-0.2, -0.15) is 0 Å². The first-order valence-electron chi connectivity index (χ1n) is 9.81. The largest absolute Gasteiger partial charge is 0.394 e. The molecule has 3 rings (SSSR count). The lowest BCUT2D eigenvalue weighted by molar-refractivity contribution is -0.139. The van der Waals surface area contributed by atoms with Gasteiger partial charge in [0.15, 0.2) is 5.79 Å². The molecular weight excluding hydrogens is 330 g/mol. The monoisotopic (exact) mass is 361 g/mol. The summed E-state index contributed by atoms with van der Waals surface area (Å²) >= 11 is 0.